The summed E-state index contributed by atoms with van der Waals surface area (Å²) in [5.74, 6) is -1.28. The van der Waals surface area contributed by atoms with E-state index in [1.165, 1.54) is 0 Å². The highest BCUT2D eigenvalue weighted by Gasteiger charge is 2.72. The Morgan fingerprint density at radius 3 is 2.20 bits per heavy atom. The molecule has 0 aliphatic carbocycles. The maximum atomic E-state index is 13.8. The number of amides is 2. The van der Waals surface area contributed by atoms with E-state index >= 15 is 0 Å². The number of carbonyl (C=O) groups excluding carboxylic acids is 5. The molecule has 6 rings (SSSR count). The van der Waals surface area contributed by atoms with Crippen LogP contribution in [0.15, 0.2) is 97.1 Å². The first kappa shape index (κ1) is 34.4. The summed E-state index contributed by atoms with van der Waals surface area (Å²) in [6, 6.07) is 29.8. The minimum absolute atomic E-state index is 0.00594. The summed E-state index contributed by atoms with van der Waals surface area (Å²) in [4.78, 5) is 66.5. The molecule has 2 aliphatic heterocycles. The zero-order valence-electron chi connectivity index (χ0n) is 27.7. The summed E-state index contributed by atoms with van der Waals surface area (Å²) in [6.07, 6.45) is 4.73. The molecule has 2 amide bonds. The van der Waals surface area contributed by atoms with Crippen molar-refractivity contribution in [3.8, 4) is 11.1 Å². The van der Waals surface area contributed by atoms with Crippen LogP contribution in [0.3, 0.4) is 0 Å². The SMILES string of the molecule is NCCCCCc1ccc2c(c1)C(=O)NCC(=O)N2c1ccc(C[C@@]2(C(=O)OCc3ccccc3)NC2(C=O)CC=O)cc1-c1ccccc1. The van der Waals surface area contributed by atoms with E-state index in [1.807, 2.05) is 84.9 Å². The molecule has 50 heavy (non-hydrogen) atoms. The molecular formula is C40H40N4O6. The lowest BCUT2D eigenvalue weighted by molar-refractivity contribution is -0.149. The van der Waals surface area contributed by atoms with Crippen LogP contribution in [0.5, 0.6) is 0 Å². The number of anilines is 2. The van der Waals surface area contributed by atoms with Crippen LogP contribution in [0.2, 0.25) is 0 Å². The molecule has 0 radical (unpaired) electrons. The Kier molecular flexibility index (Phi) is 10.3. The largest absolute Gasteiger partial charge is 0.459 e. The van der Waals surface area contributed by atoms with Gasteiger partial charge in [0.15, 0.2) is 0 Å². The normalized spacial score (nSPS) is 19.6. The zero-order chi connectivity index (χ0) is 35.1. The Morgan fingerprint density at radius 1 is 0.820 bits per heavy atom. The average Bonchev–Trinajstić information content (AvgIpc) is 3.82. The number of fused-ring (bicyclic) bond motifs is 1. The highest BCUT2D eigenvalue weighted by atomic mass is 16.5. The van der Waals surface area contributed by atoms with Crippen LogP contribution in [-0.2, 0) is 43.4 Å². The van der Waals surface area contributed by atoms with Gasteiger partial charge in [0, 0.05) is 18.4 Å². The number of carbonyl (C=O) groups is 5. The van der Waals surface area contributed by atoms with Crippen LogP contribution < -0.4 is 21.3 Å². The van der Waals surface area contributed by atoms with Crippen molar-refractivity contribution in [3.63, 3.8) is 0 Å². The molecule has 2 aliphatic rings. The molecule has 1 fully saturated rings. The predicted molar refractivity (Wildman–Crippen MR) is 190 cm³/mol. The molecule has 10 nitrogen and oxygen atoms in total. The fourth-order valence-corrected chi connectivity index (χ4v) is 6.78. The van der Waals surface area contributed by atoms with E-state index in [-0.39, 0.29) is 37.8 Å². The summed E-state index contributed by atoms with van der Waals surface area (Å²) < 4.78 is 5.71. The highest BCUT2D eigenvalue weighted by molar-refractivity contribution is 6.14. The van der Waals surface area contributed by atoms with Crippen LogP contribution in [0.25, 0.3) is 11.1 Å². The smallest absolute Gasteiger partial charge is 0.329 e. The van der Waals surface area contributed by atoms with E-state index in [0.717, 1.165) is 42.4 Å². The quantitative estimate of drug-likeness (QED) is 0.0717. The van der Waals surface area contributed by atoms with Crippen LogP contribution >= 0.6 is 0 Å². The van der Waals surface area contributed by atoms with Crippen molar-refractivity contribution in [2.45, 2.75) is 56.2 Å². The van der Waals surface area contributed by atoms with Crippen molar-refractivity contribution >= 4 is 41.7 Å². The Labute approximate surface area is 291 Å². The number of ether oxygens (including phenoxy) is 1. The van der Waals surface area contributed by atoms with Crippen molar-refractivity contribution in [2.24, 2.45) is 5.73 Å². The van der Waals surface area contributed by atoms with Gasteiger partial charge in [-0.1, -0.05) is 79.2 Å². The number of nitrogens with two attached hydrogens (primary N) is 1. The predicted octanol–water partition coefficient (Wildman–Crippen LogP) is 4.59. The van der Waals surface area contributed by atoms with Gasteiger partial charge >= 0.3 is 5.97 Å². The van der Waals surface area contributed by atoms with Crippen molar-refractivity contribution in [1.29, 1.82) is 0 Å². The molecule has 1 saturated heterocycles. The summed E-state index contributed by atoms with van der Waals surface area (Å²) >= 11 is 0. The number of nitrogens with one attached hydrogen (secondary N) is 2. The molecular weight excluding hydrogens is 632 g/mol. The van der Waals surface area contributed by atoms with Crippen molar-refractivity contribution < 1.29 is 28.7 Å². The molecule has 2 heterocycles. The van der Waals surface area contributed by atoms with Gasteiger partial charge in [0.25, 0.3) is 11.8 Å². The Bertz CT molecular complexity index is 1900. The highest BCUT2D eigenvalue weighted by Crippen LogP contribution is 2.45. The lowest BCUT2D eigenvalue weighted by Crippen LogP contribution is -2.39. The maximum absolute atomic E-state index is 13.8. The minimum atomic E-state index is -1.47. The number of esters is 1. The van der Waals surface area contributed by atoms with Gasteiger partial charge < -0.3 is 25.4 Å². The molecule has 2 atom stereocenters. The van der Waals surface area contributed by atoms with E-state index in [0.29, 0.717) is 47.2 Å². The standard InChI is InChI=1S/C40H40N4O6/c41-20-9-3-6-10-28-15-17-35-33(22-28)37(48)42-25-36(47)44(35)34-18-16-30(23-32(34)31-13-7-2-8-14-31)24-40(39(27-46,43-40)19-21-45)38(49)50-26-29-11-4-1-5-12-29/h1-2,4-5,7-8,11-18,21-23,27,43H,3,6,9-10,19-20,24-26,41H2,(H,42,48)/t39?,40-/m0/s1. The van der Waals surface area contributed by atoms with Gasteiger partial charge in [-0.05, 0) is 72.3 Å². The van der Waals surface area contributed by atoms with Gasteiger partial charge in [-0.15, -0.1) is 0 Å². The second kappa shape index (κ2) is 15.0. The third-order valence-electron chi connectivity index (χ3n) is 9.52. The number of aldehydes is 2. The van der Waals surface area contributed by atoms with Gasteiger partial charge in [-0.25, -0.2) is 4.79 Å². The first-order chi connectivity index (χ1) is 24.3. The molecule has 256 valence electrons. The van der Waals surface area contributed by atoms with E-state index in [1.54, 1.807) is 17.0 Å². The molecule has 0 spiro atoms. The molecule has 1 unspecified atom stereocenters. The van der Waals surface area contributed by atoms with Crippen LogP contribution in [0, 0.1) is 0 Å². The number of nitrogens with zero attached hydrogens (tertiary/aromatic N) is 1. The number of hydrogen-bond donors (Lipinski definition) is 3. The maximum Gasteiger partial charge on any atom is 0.329 e. The van der Waals surface area contributed by atoms with Crippen LogP contribution in [0.1, 0.15) is 52.7 Å². The molecule has 0 saturated carbocycles. The fourth-order valence-electron chi connectivity index (χ4n) is 6.78. The topological polar surface area (TPSA) is 158 Å². The van der Waals surface area contributed by atoms with Crippen LogP contribution in [-0.4, -0.2) is 54.5 Å². The number of hydrogen-bond acceptors (Lipinski definition) is 8. The molecule has 4 aromatic carbocycles. The third-order valence-corrected chi connectivity index (χ3v) is 9.52. The summed E-state index contributed by atoms with van der Waals surface area (Å²) in [7, 11) is 0. The van der Waals surface area contributed by atoms with E-state index in [4.69, 9.17) is 10.5 Å². The minimum Gasteiger partial charge on any atom is -0.459 e. The zero-order valence-corrected chi connectivity index (χ0v) is 27.7. The summed E-state index contributed by atoms with van der Waals surface area (Å²) in [5.41, 5.74) is 8.14. The van der Waals surface area contributed by atoms with Crippen molar-refractivity contribution in [3.05, 3.63) is 119 Å². The van der Waals surface area contributed by atoms with Gasteiger partial charge in [-0.3, -0.25) is 19.8 Å². The Hall–Kier alpha value is -5.45. The lowest BCUT2D eigenvalue weighted by atomic mass is 9.85. The molecule has 0 aromatic heterocycles. The van der Waals surface area contributed by atoms with Gasteiger partial charge in [-0.2, -0.15) is 0 Å². The van der Waals surface area contributed by atoms with Crippen LogP contribution in [0.4, 0.5) is 11.4 Å². The fraction of sp³-hybridized carbons (Fsp3) is 0.275. The second-order valence-corrected chi connectivity index (χ2v) is 12.8. The summed E-state index contributed by atoms with van der Waals surface area (Å²) in [6.45, 7) is 0.452. The Balaban J connectivity index is 1.38. The van der Waals surface area contributed by atoms with Gasteiger partial charge in [0.1, 0.15) is 30.3 Å². The third kappa shape index (κ3) is 6.85. The molecule has 10 heteroatoms. The van der Waals surface area contributed by atoms with E-state index in [9.17, 15) is 24.0 Å². The molecule has 4 N–H and O–H groups in total. The molecule has 4 aromatic rings. The lowest BCUT2D eigenvalue weighted by Gasteiger charge is -2.26. The first-order valence-corrected chi connectivity index (χ1v) is 16.9. The Morgan fingerprint density at radius 2 is 1.50 bits per heavy atom. The second-order valence-electron chi connectivity index (χ2n) is 12.8. The number of rotatable bonds is 15. The van der Waals surface area contributed by atoms with Crippen molar-refractivity contribution in [2.75, 3.05) is 18.0 Å². The van der Waals surface area contributed by atoms with Crippen molar-refractivity contribution in [1.82, 2.24) is 10.6 Å². The molecule has 0 bridgehead atoms. The first-order valence-electron chi connectivity index (χ1n) is 16.9. The number of unbranched alkanes of at least 4 members (excludes halogenated alkanes) is 2. The number of benzene rings is 4. The average molecular weight is 673 g/mol. The monoisotopic (exact) mass is 672 g/mol. The van der Waals surface area contributed by atoms with Gasteiger partial charge in [0.2, 0.25) is 0 Å². The van der Waals surface area contributed by atoms with E-state index < -0.39 is 17.0 Å². The number of aryl methyl sites for hydroxylation is 1. The van der Waals surface area contributed by atoms with E-state index in [2.05, 4.69) is 10.6 Å². The summed E-state index contributed by atoms with van der Waals surface area (Å²) in [5, 5.41) is 5.80. The van der Waals surface area contributed by atoms with Gasteiger partial charge in [0.05, 0.1) is 23.5 Å².